The van der Waals surface area contributed by atoms with Gasteiger partial charge in [0, 0.05) is 0 Å². The Morgan fingerprint density at radius 2 is 2.00 bits per heavy atom. The summed E-state index contributed by atoms with van der Waals surface area (Å²) in [6.07, 6.45) is 0.178. The van der Waals surface area contributed by atoms with Gasteiger partial charge in [0.05, 0.1) is 34.6 Å². The van der Waals surface area contributed by atoms with Gasteiger partial charge in [-0.3, -0.25) is 14.2 Å². The quantitative estimate of drug-likeness (QED) is 0.540. The Morgan fingerprint density at radius 1 is 1.17 bits per heavy atom. The second-order valence-corrected chi connectivity index (χ2v) is 5.25. The van der Waals surface area contributed by atoms with Crippen LogP contribution < -0.4 is 5.56 Å². The molecule has 1 aliphatic rings. The number of hydrogen-bond acceptors (Lipinski definition) is 4. The molecule has 6 heteroatoms. The molecule has 3 aromatic rings. The Kier molecular flexibility index (Phi) is 2.66. The number of carbonyl (C=O) groups is 1. The number of benzene rings is 2. The number of halogens is 1. The maximum absolute atomic E-state index is 13.4. The minimum atomic E-state index is -0.543. The summed E-state index contributed by atoms with van der Waals surface area (Å²) in [5, 5.41) is 9.10. The van der Waals surface area contributed by atoms with Crippen molar-refractivity contribution >= 4 is 16.7 Å². The third-order valence-electron chi connectivity index (χ3n) is 3.86. The van der Waals surface area contributed by atoms with Crippen LogP contribution in [-0.4, -0.2) is 15.3 Å². The van der Waals surface area contributed by atoms with Gasteiger partial charge in [-0.15, -0.1) is 0 Å². The molecule has 4 rings (SSSR count). The Bertz CT molecular complexity index is 1110. The molecule has 0 saturated heterocycles. The summed E-state index contributed by atoms with van der Waals surface area (Å²) in [6, 6.07) is 10.6. The van der Waals surface area contributed by atoms with Crippen LogP contribution in [0.25, 0.3) is 16.6 Å². The van der Waals surface area contributed by atoms with E-state index >= 15 is 0 Å². The molecule has 110 valence electrons. The van der Waals surface area contributed by atoms with Gasteiger partial charge in [0.25, 0.3) is 5.56 Å². The maximum atomic E-state index is 13.4. The lowest BCUT2D eigenvalue weighted by Gasteiger charge is -2.06. The zero-order valence-electron chi connectivity index (χ0n) is 11.7. The Labute approximate surface area is 129 Å². The highest BCUT2D eigenvalue weighted by atomic mass is 19.1. The molecule has 0 bridgehead atoms. The van der Waals surface area contributed by atoms with Crippen molar-refractivity contribution in [2.24, 2.45) is 0 Å². The first-order valence-electron chi connectivity index (χ1n) is 6.87. The summed E-state index contributed by atoms with van der Waals surface area (Å²) in [7, 11) is 0. The van der Waals surface area contributed by atoms with Crippen LogP contribution in [0.3, 0.4) is 0 Å². The Hall–Kier alpha value is -3.33. The molecular formula is C17H8FN3O2. The number of carbonyl (C=O) groups excluding carboxylic acids is 1. The largest absolute Gasteiger partial charge is 0.285 e. The van der Waals surface area contributed by atoms with Gasteiger partial charge in [-0.25, -0.2) is 9.37 Å². The fourth-order valence-corrected chi connectivity index (χ4v) is 2.82. The molecule has 23 heavy (non-hydrogen) atoms. The first-order valence-corrected chi connectivity index (χ1v) is 6.87. The van der Waals surface area contributed by atoms with Crippen LogP contribution in [-0.2, 0) is 6.42 Å². The Balaban J connectivity index is 2.08. The zero-order chi connectivity index (χ0) is 16.1. The summed E-state index contributed by atoms with van der Waals surface area (Å²) >= 11 is 0. The Morgan fingerprint density at radius 3 is 2.78 bits per heavy atom. The normalized spacial score (nSPS) is 12.1. The SMILES string of the molecule is N#CCc1ccc2nc3n(c(=O)c2c1)-c1ccc(F)cc1C3=O. The van der Waals surface area contributed by atoms with Gasteiger partial charge < -0.3 is 0 Å². The van der Waals surface area contributed by atoms with Crippen molar-refractivity contribution in [3.8, 4) is 11.8 Å². The van der Waals surface area contributed by atoms with Crippen molar-refractivity contribution in [2.75, 3.05) is 0 Å². The van der Waals surface area contributed by atoms with E-state index in [-0.39, 0.29) is 17.8 Å². The zero-order valence-corrected chi connectivity index (χ0v) is 11.7. The highest BCUT2D eigenvalue weighted by molar-refractivity contribution is 6.13. The predicted molar refractivity (Wildman–Crippen MR) is 80.0 cm³/mol. The van der Waals surface area contributed by atoms with Gasteiger partial charge in [-0.2, -0.15) is 5.26 Å². The molecule has 0 amide bonds. The second-order valence-electron chi connectivity index (χ2n) is 5.25. The molecule has 5 nitrogen and oxygen atoms in total. The van der Waals surface area contributed by atoms with Crippen LogP contribution in [0.2, 0.25) is 0 Å². The minimum absolute atomic E-state index is 0.0175. The molecule has 0 spiro atoms. The summed E-state index contributed by atoms with van der Waals surface area (Å²) < 4.78 is 14.6. The highest BCUT2D eigenvalue weighted by Gasteiger charge is 2.30. The molecule has 0 aliphatic carbocycles. The van der Waals surface area contributed by atoms with Crippen molar-refractivity contribution in [1.29, 1.82) is 5.26 Å². The van der Waals surface area contributed by atoms with Crippen molar-refractivity contribution in [3.63, 3.8) is 0 Å². The van der Waals surface area contributed by atoms with Crippen LogP contribution in [0, 0.1) is 17.1 Å². The third kappa shape index (κ3) is 1.80. The summed E-state index contributed by atoms with van der Waals surface area (Å²) in [5.41, 5.74) is 1.13. The van der Waals surface area contributed by atoms with Crippen LogP contribution in [0.5, 0.6) is 0 Å². The van der Waals surface area contributed by atoms with Gasteiger partial charge in [-0.1, -0.05) is 6.07 Å². The lowest BCUT2D eigenvalue weighted by atomic mass is 10.1. The van der Waals surface area contributed by atoms with E-state index in [9.17, 15) is 14.0 Å². The van der Waals surface area contributed by atoms with Gasteiger partial charge in [-0.05, 0) is 35.9 Å². The molecule has 2 heterocycles. The van der Waals surface area contributed by atoms with E-state index in [1.807, 2.05) is 6.07 Å². The predicted octanol–water partition coefficient (Wildman–Crippen LogP) is 2.14. The molecule has 0 fully saturated rings. The van der Waals surface area contributed by atoms with Gasteiger partial charge in [0.2, 0.25) is 5.78 Å². The second kappa shape index (κ2) is 4.58. The van der Waals surface area contributed by atoms with Crippen LogP contribution in [0.4, 0.5) is 4.39 Å². The molecule has 1 aromatic heterocycles. The third-order valence-corrected chi connectivity index (χ3v) is 3.86. The summed E-state index contributed by atoms with van der Waals surface area (Å²) in [4.78, 5) is 29.4. The summed E-state index contributed by atoms with van der Waals surface area (Å²) in [5.74, 6) is -1.03. The standard InChI is InChI=1S/C17H8FN3O2/c18-10-2-4-14-12(8-10)15(22)16-20-13-3-1-9(5-6-19)7-11(13)17(23)21(14)16/h1-4,7-8H,5H2. The number of nitrogens with zero attached hydrogens (tertiary/aromatic N) is 3. The van der Waals surface area contributed by atoms with Crippen molar-refractivity contribution in [3.05, 3.63) is 69.5 Å². The van der Waals surface area contributed by atoms with Gasteiger partial charge in [0.15, 0.2) is 5.82 Å². The minimum Gasteiger partial charge on any atom is -0.285 e. The van der Waals surface area contributed by atoms with Gasteiger partial charge in [0.1, 0.15) is 5.82 Å². The molecule has 0 radical (unpaired) electrons. The van der Waals surface area contributed by atoms with Crippen LogP contribution >= 0.6 is 0 Å². The first-order chi connectivity index (χ1) is 11.1. The van der Waals surface area contributed by atoms with E-state index in [0.717, 1.165) is 6.07 Å². The van der Waals surface area contributed by atoms with Crippen molar-refractivity contribution < 1.29 is 9.18 Å². The van der Waals surface area contributed by atoms with E-state index < -0.39 is 17.2 Å². The smallest absolute Gasteiger partial charge is 0.266 e. The number of fused-ring (bicyclic) bond motifs is 4. The topological polar surface area (TPSA) is 75.8 Å². The average molecular weight is 305 g/mol. The average Bonchev–Trinajstić information content (AvgIpc) is 2.81. The van der Waals surface area contributed by atoms with Gasteiger partial charge >= 0.3 is 0 Å². The molecular weight excluding hydrogens is 297 g/mol. The van der Waals surface area contributed by atoms with E-state index in [2.05, 4.69) is 4.98 Å². The number of rotatable bonds is 1. The van der Waals surface area contributed by atoms with E-state index in [0.29, 0.717) is 22.2 Å². The molecule has 1 aliphatic heterocycles. The fraction of sp³-hybridized carbons (Fsp3) is 0.0588. The monoisotopic (exact) mass is 305 g/mol. The van der Waals surface area contributed by atoms with E-state index in [1.165, 1.54) is 16.7 Å². The highest BCUT2D eigenvalue weighted by Crippen LogP contribution is 2.27. The van der Waals surface area contributed by atoms with Crippen LogP contribution in [0.1, 0.15) is 21.7 Å². The summed E-state index contributed by atoms with van der Waals surface area (Å²) in [6.45, 7) is 0. The van der Waals surface area contributed by atoms with E-state index in [4.69, 9.17) is 5.26 Å². The maximum Gasteiger partial charge on any atom is 0.266 e. The number of aromatic nitrogens is 2. The fourth-order valence-electron chi connectivity index (χ4n) is 2.82. The van der Waals surface area contributed by atoms with Crippen molar-refractivity contribution in [2.45, 2.75) is 6.42 Å². The lowest BCUT2D eigenvalue weighted by Crippen LogP contribution is -2.21. The molecule has 2 aromatic carbocycles. The van der Waals surface area contributed by atoms with E-state index in [1.54, 1.807) is 18.2 Å². The molecule has 0 atom stereocenters. The van der Waals surface area contributed by atoms with Crippen molar-refractivity contribution in [1.82, 2.24) is 9.55 Å². The lowest BCUT2D eigenvalue weighted by molar-refractivity contribution is 0.103. The molecule has 0 N–H and O–H groups in total. The number of ketones is 1. The number of nitriles is 1. The number of hydrogen-bond donors (Lipinski definition) is 0. The first kappa shape index (κ1) is 13.3. The molecule has 0 saturated carbocycles. The van der Waals surface area contributed by atoms with Crippen LogP contribution in [0.15, 0.2) is 41.2 Å². The molecule has 0 unspecified atom stereocenters.